The second-order valence-corrected chi connectivity index (χ2v) is 3.52. The van der Waals surface area contributed by atoms with Crippen molar-refractivity contribution in [1.29, 1.82) is 0 Å². The number of carbonyl (C=O) groups excluding carboxylic acids is 1. The zero-order chi connectivity index (χ0) is 10.1. The van der Waals surface area contributed by atoms with Crippen LogP contribution < -0.4 is 14.2 Å². The summed E-state index contributed by atoms with van der Waals surface area (Å²) in [6, 6.07) is 1.64. The van der Waals surface area contributed by atoms with E-state index >= 15 is 0 Å². The number of fused-ring (bicyclic) bond motifs is 1. The third-order valence-electron chi connectivity index (χ3n) is 1.91. The summed E-state index contributed by atoms with van der Waals surface area (Å²) >= 11 is 3.28. The fourth-order valence-electron chi connectivity index (χ4n) is 1.32. The highest BCUT2D eigenvalue weighted by molar-refractivity contribution is 9.10. The molecule has 0 atom stereocenters. The van der Waals surface area contributed by atoms with E-state index in [-0.39, 0.29) is 6.79 Å². The highest BCUT2D eigenvalue weighted by Gasteiger charge is 2.24. The van der Waals surface area contributed by atoms with Crippen molar-refractivity contribution in [1.82, 2.24) is 0 Å². The number of hydrogen-bond acceptors (Lipinski definition) is 4. The van der Waals surface area contributed by atoms with Gasteiger partial charge in [0, 0.05) is 0 Å². The van der Waals surface area contributed by atoms with E-state index in [4.69, 9.17) is 14.2 Å². The SMILES string of the molecule is COc1c(C=O)cc(Br)c2c1OCO2. The van der Waals surface area contributed by atoms with Crippen LogP contribution in [0.2, 0.25) is 0 Å². The first-order valence-electron chi connectivity index (χ1n) is 3.89. The van der Waals surface area contributed by atoms with Gasteiger partial charge in [-0.1, -0.05) is 0 Å². The van der Waals surface area contributed by atoms with Crippen LogP contribution >= 0.6 is 15.9 Å². The summed E-state index contributed by atoms with van der Waals surface area (Å²) in [5.41, 5.74) is 0.434. The number of halogens is 1. The molecule has 74 valence electrons. The Morgan fingerprint density at radius 2 is 2.21 bits per heavy atom. The molecule has 0 saturated heterocycles. The standard InChI is InChI=1S/C9H7BrO4/c1-12-7-5(3-11)2-6(10)8-9(7)14-4-13-8/h2-3H,4H2,1H3. The summed E-state index contributed by atoms with van der Waals surface area (Å²) in [6.07, 6.45) is 0.714. The Balaban J connectivity index is 2.67. The largest absolute Gasteiger partial charge is 0.492 e. The van der Waals surface area contributed by atoms with Crippen LogP contribution in [0.25, 0.3) is 0 Å². The monoisotopic (exact) mass is 258 g/mol. The average Bonchev–Trinajstić information content (AvgIpc) is 2.66. The van der Waals surface area contributed by atoms with Gasteiger partial charge >= 0.3 is 0 Å². The number of rotatable bonds is 2. The third-order valence-corrected chi connectivity index (χ3v) is 2.50. The lowest BCUT2D eigenvalue weighted by Crippen LogP contribution is -1.95. The van der Waals surface area contributed by atoms with Gasteiger partial charge in [0.1, 0.15) is 0 Å². The molecule has 0 amide bonds. The van der Waals surface area contributed by atoms with Crippen molar-refractivity contribution in [2.75, 3.05) is 13.9 Å². The smallest absolute Gasteiger partial charge is 0.231 e. The maximum absolute atomic E-state index is 10.7. The summed E-state index contributed by atoms with van der Waals surface area (Å²) in [6.45, 7) is 0.145. The molecule has 1 aliphatic heterocycles. The molecule has 1 aromatic rings. The molecule has 2 rings (SSSR count). The second-order valence-electron chi connectivity index (χ2n) is 2.66. The summed E-state index contributed by atoms with van der Waals surface area (Å²) < 4.78 is 16.2. The molecule has 0 aliphatic carbocycles. The van der Waals surface area contributed by atoms with Crippen molar-refractivity contribution in [3.05, 3.63) is 16.1 Å². The van der Waals surface area contributed by atoms with Crippen molar-refractivity contribution in [3.63, 3.8) is 0 Å². The average molecular weight is 259 g/mol. The summed E-state index contributed by atoms with van der Waals surface area (Å²) in [5, 5.41) is 0. The molecule has 0 N–H and O–H groups in total. The van der Waals surface area contributed by atoms with Crippen LogP contribution in [0.3, 0.4) is 0 Å². The molecule has 0 fully saturated rings. The lowest BCUT2D eigenvalue weighted by molar-refractivity contribution is 0.111. The Bertz CT molecular complexity index is 389. The van der Waals surface area contributed by atoms with Crippen LogP contribution in [0, 0.1) is 0 Å². The van der Waals surface area contributed by atoms with Gasteiger partial charge in [-0.3, -0.25) is 4.79 Å². The number of hydrogen-bond donors (Lipinski definition) is 0. The first kappa shape index (κ1) is 9.33. The van der Waals surface area contributed by atoms with E-state index in [2.05, 4.69) is 15.9 Å². The normalized spacial score (nSPS) is 12.7. The minimum Gasteiger partial charge on any atom is -0.492 e. The zero-order valence-corrected chi connectivity index (χ0v) is 8.96. The molecule has 4 nitrogen and oxygen atoms in total. The molecular formula is C9H7BrO4. The Labute approximate surface area is 88.9 Å². The molecule has 14 heavy (non-hydrogen) atoms. The molecule has 1 aliphatic rings. The van der Waals surface area contributed by atoms with Gasteiger partial charge in [0.2, 0.25) is 12.5 Å². The van der Waals surface area contributed by atoms with E-state index in [9.17, 15) is 4.79 Å². The van der Waals surface area contributed by atoms with E-state index in [0.29, 0.717) is 33.6 Å². The zero-order valence-electron chi connectivity index (χ0n) is 7.37. The number of benzene rings is 1. The molecule has 0 saturated carbocycles. The molecule has 5 heteroatoms. The van der Waals surface area contributed by atoms with Crippen molar-refractivity contribution in [3.8, 4) is 17.2 Å². The quantitative estimate of drug-likeness (QED) is 0.762. The first-order valence-corrected chi connectivity index (χ1v) is 4.68. The van der Waals surface area contributed by atoms with Gasteiger partial charge in [0.25, 0.3) is 0 Å². The van der Waals surface area contributed by atoms with Gasteiger partial charge in [0.15, 0.2) is 17.8 Å². The first-order chi connectivity index (χ1) is 6.77. The second kappa shape index (κ2) is 3.49. The van der Waals surface area contributed by atoms with Crippen molar-refractivity contribution < 1.29 is 19.0 Å². The summed E-state index contributed by atoms with van der Waals surface area (Å²) in [7, 11) is 1.48. The van der Waals surface area contributed by atoms with Gasteiger partial charge in [-0.25, -0.2) is 0 Å². The Hall–Kier alpha value is -1.23. The van der Waals surface area contributed by atoms with Crippen molar-refractivity contribution in [2.45, 2.75) is 0 Å². The molecule has 0 unspecified atom stereocenters. The predicted molar refractivity (Wildman–Crippen MR) is 52.2 cm³/mol. The number of aldehydes is 1. The Morgan fingerprint density at radius 3 is 2.86 bits per heavy atom. The minimum atomic E-state index is 0.145. The Kier molecular flexibility index (Phi) is 2.33. The van der Waals surface area contributed by atoms with Gasteiger partial charge in [-0.15, -0.1) is 0 Å². The number of methoxy groups -OCH3 is 1. The highest BCUT2D eigenvalue weighted by Crippen LogP contribution is 2.47. The molecule has 0 radical (unpaired) electrons. The Morgan fingerprint density at radius 1 is 1.50 bits per heavy atom. The van der Waals surface area contributed by atoms with E-state index in [1.165, 1.54) is 7.11 Å². The van der Waals surface area contributed by atoms with Crippen LogP contribution in [0.5, 0.6) is 17.2 Å². The number of ether oxygens (including phenoxy) is 3. The number of carbonyl (C=O) groups is 1. The van der Waals surface area contributed by atoms with Crippen LogP contribution in [-0.2, 0) is 0 Å². The summed E-state index contributed by atoms with van der Waals surface area (Å²) in [5.74, 6) is 1.46. The maximum Gasteiger partial charge on any atom is 0.231 e. The third kappa shape index (κ3) is 1.24. The van der Waals surface area contributed by atoms with Crippen LogP contribution in [-0.4, -0.2) is 20.2 Å². The van der Waals surface area contributed by atoms with E-state index in [1.807, 2.05) is 0 Å². The van der Waals surface area contributed by atoms with E-state index in [0.717, 1.165) is 0 Å². The fraction of sp³-hybridized carbons (Fsp3) is 0.222. The van der Waals surface area contributed by atoms with Crippen LogP contribution in [0.1, 0.15) is 10.4 Å². The van der Waals surface area contributed by atoms with Crippen LogP contribution in [0.4, 0.5) is 0 Å². The summed E-state index contributed by atoms with van der Waals surface area (Å²) in [4.78, 5) is 10.7. The van der Waals surface area contributed by atoms with Crippen molar-refractivity contribution in [2.24, 2.45) is 0 Å². The van der Waals surface area contributed by atoms with Gasteiger partial charge < -0.3 is 14.2 Å². The molecular weight excluding hydrogens is 252 g/mol. The van der Waals surface area contributed by atoms with E-state index in [1.54, 1.807) is 6.07 Å². The molecule has 1 aromatic carbocycles. The van der Waals surface area contributed by atoms with E-state index < -0.39 is 0 Å². The minimum absolute atomic E-state index is 0.145. The topological polar surface area (TPSA) is 44.8 Å². The molecule has 1 heterocycles. The predicted octanol–water partition coefficient (Wildman–Crippen LogP) is 2.00. The lowest BCUT2D eigenvalue weighted by Gasteiger charge is -2.07. The molecule has 0 bridgehead atoms. The fourth-order valence-corrected chi connectivity index (χ4v) is 1.86. The maximum atomic E-state index is 10.7. The van der Waals surface area contributed by atoms with Gasteiger partial charge in [0.05, 0.1) is 17.1 Å². The van der Waals surface area contributed by atoms with Gasteiger partial charge in [-0.05, 0) is 22.0 Å². The van der Waals surface area contributed by atoms with Crippen molar-refractivity contribution >= 4 is 22.2 Å². The van der Waals surface area contributed by atoms with Crippen LogP contribution in [0.15, 0.2) is 10.5 Å². The van der Waals surface area contributed by atoms with Gasteiger partial charge in [-0.2, -0.15) is 0 Å². The molecule has 0 spiro atoms. The lowest BCUT2D eigenvalue weighted by atomic mass is 10.2. The highest BCUT2D eigenvalue weighted by atomic mass is 79.9. The molecule has 0 aromatic heterocycles.